The SMILES string of the molecule is CCOC(CCCNCCOc1ccccc1OC)c1ccc(F)cc1. The molecule has 26 heavy (non-hydrogen) atoms. The van der Waals surface area contributed by atoms with Crippen LogP contribution in [0.2, 0.25) is 0 Å². The van der Waals surface area contributed by atoms with Crippen molar-refractivity contribution in [2.24, 2.45) is 0 Å². The molecule has 0 aliphatic carbocycles. The summed E-state index contributed by atoms with van der Waals surface area (Å²) in [5, 5.41) is 3.37. The van der Waals surface area contributed by atoms with Gasteiger partial charge in [-0.25, -0.2) is 4.39 Å². The van der Waals surface area contributed by atoms with Crippen molar-refractivity contribution in [3.8, 4) is 11.5 Å². The van der Waals surface area contributed by atoms with Gasteiger partial charge in [0.25, 0.3) is 0 Å². The summed E-state index contributed by atoms with van der Waals surface area (Å²) >= 11 is 0. The number of halogens is 1. The average molecular weight is 361 g/mol. The monoisotopic (exact) mass is 361 g/mol. The van der Waals surface area contributed by atoms with Crippen molar-refractivity contribution >= 4 is 0 Å². The predicted molar refractivity (Wildman–Crippen MR) is 101 cm³/mol. The van der Waals surface area contributed by atoms with Crippen molar-refractivity contribution in [2.45, 2.75) is 25.9 Å². The van der Waals surface area contributed by atoms with E-state index in [1.807, 2.05) is 31.2 Å². The lowest BCUT2D eigenvalue weighted by Gasteiger charge is -2.17. The standard InChI is InChI=1S/C21H28FNO3/c1-3-25-19(17-10-12-18(22)13-11-17)9-6-14-23-15-16-26-21-8-5-4-7-20(21)24-2/h4-5,7-8,10-13,19,23H,3,6,9,14-16H2,1-2H3. The summed E-state index contributed by atoms with van der Waals surface area (Å²) in [4.78, 5) is 0. The first-order valence-electron chi connectivity index (χ1n) is 9.08. The Kier molecular flexibility index (Phi) is 8.93. The summed E-state index contributed by atoms with van der Waals surface area (Å²) in [6, 6.07) is 14.2. The first-order valence-corrected chi connectivity index (χ1v) is 9.08. The molecule has 0 radical (unpaired) electrons. The van der Waals surface area contributed by atoms with Crippen LogP contribution in [-0.2, 0) is 4.74 Å². The maximum Gasteiger partial charge on any atom is 0.161 e. The smallest absolute Gasteiger partial charge is 0.161 e. The highest BCUT2D eigenvalue weighted by atomic mass is 19.1. The topological polar surface area (TPSA) is 39.7 Å². The van der Waals surface area contributed by atoms with Gasteiger partial charge >= 0.3 is 0 Å². The van der Waals surface area contributed by atoms with Gasteiger partial charge in [-0.2, -0.15) is 0 Å². The Hall–Kier alpha value is -2.11. The molecule has 0 fully saturated rings. The molecule has 0 saturated carbocycles. The first kappa shape index (κ1) is 20.2. The van der Waals surface area contributed by atoms with E-state index in [2.05, 4.69) is 5.32 Å². The molecule has 1 atom stereocenters. The number of benzene rings is 2. The second-order valence-electron chi connectivity index (χ2n) is 5.89. The highest BCUT2D eigenvalue weighted by Gasteiger charge is 2.11. The summed E-state index contributed by atoms with van der Waals surface area (Å²) in [5.74, 6) is 1.27. The first-order chi connectivity index (χ1) is 12.7. The highest BCUT2D eigenvalue weighted by molar-refractivity contribution is 5.39. The van der Waals surface area contributed by atoms with Gasteiger partial charge in [-0.3, -0.25) is 0 Å². The fraction of sp³-hybridized carbons (Fsp3) is 0.429. The van der Waals surface area contributed by atoms with Crippen LogP contribution in [-0.4, -0.2) is 33.4 Å². The third kappa shape index (κ3) is 6.65. The van der Waals surface area contributed by atoms with Gasteiger partial charge in [0.05, 0.1) is 13.2 Å². The number of methoxy groups -OCH3 is 1. The lowest BCUT2D eigenvalue weighted by atomic mass is 10.0. The molecule has 142 valence electrons. The molecule has 0 aliphatic rings. The Balaban J connectivity index is 1.64. The van der Waals surface area contributed by atoms with Crippen molar-refractivity contribution in [3.63, 3.8) is 0 Å². The van der Waals surface area contributed by atoms with Crippen LogP contribution < -0.4 is 14.8 Å². The second-order valence-corrected chi connectivity index (χ2v) is 5.89. The summed E-state index contributed by atoms with van der Waals surface area (Å²) < 4.78 is 29.8. The highest BCUT2D eigenvalue weighted by Crippen LogP contribution is 2.25. The van der Waals surface area contributed by atoms with Crippen LogP contribution in [0, 0.1) is 5.82 Å². The molecule has 2 aromatic carbocycles. The second kappa shape index (κ2) is 11.5. The van der Waals surface area contributed by atoms with Gasteiger partial charge in [-0.05, 0) is 56.1 Å². The molecule has 1 N–H and O–H groups in total. The zero-order valence-corrected chi connectivity index (χ0v) is 15.5. The Morgan fingerprint density at radius 2 is 1.73 bits per heavy atom. The number of hydrogen-bond acceptors (Lipinski definition) is 4. The van der Waals surface area contributed by atoms with E-state index in [9.17, 15) is 4.39 Å². The van der Waals surface area contributed by atoms with Crippen LogP contribution in [0.25, 0.3) is 0 Å². The zero-order chi connectivity index (χ0) is 18.6. The van der Waals surface area contributed by atoms with E-state index < -0.39 is 0 Å². The number of ether oxygens (including phenoxy) is 3. The van der Waals surface area contributed by atoms with Crippen molar-refractivity contribution in [2.75, 3.05) is 33.4 Å². The van der Waals surface area contributed by atoms with Crippen molar-refractivity contribution in [1.29, 1.82) is 0 Å². The molecule has 5 heteroatoms. The molecule has 0 aromatic heterocycles. The third-order valence-electron chi connectivity index (χ3n) is 4.03. The number of hydrogen-bond donors (Lipinski definition) is 1. The molecule has 1 unspecified atom stereocenters. The summed E-state index contributed by atoms with van der Waals surface area (Å²) in [5.41, 5.74) is 1.02. The minimum absolute atomic E-state index is 0.00669. The minimum atomic E-state index is -0.222. The maximum absolute atomic E-state index is 13.1. The van der Waals surface area contributed by atoms with E-state index in [1.165, 1.54) is 12.1 Å². The normalized spacial score (nSPS) is 12.0. The fourth-order valence-electron chi connectivity index (χ4n) is 2.73. The summed E-state index contributed by atoms with van der Waals surface area (Å²) in [6.45, 7) is 4.83. The van der Waals surface area contributed by atoms with E-state index >= 15 is 0 Å². The zero-order valence-electron chi connectivity index (χ0n) is 15.5. The van der Waals surface area contributed by atoms with Crippen LogP contribution in [0.4, 0.5) is 4.39 Å². The van der Waals surface area contributed by atoms with Crippen LogP contribution >= 0.6 is 0 Å². The molecule has 0 bridgehead atoms. The van der Waals surface area contributed by atoms with Gasteiger partial charge in [0.15, 0.2) is 11.5 Å². The van der Waals surface area contributed by atoms with E-state index in [-0.39, 0.29) is 11.9 Å². The summed E-state index contributed by atoms with van der Waals surface area (Å²) in [6.07, 6.45) is 1.86. The Labute approximate surface area is 155 Å². The number of para-hydroxylation sites is 2. The maximum atomic E-state index is 13.1. The lowest BCUT2D eigenvalue weighted by Crippen LogP contribution is -2.22. The van der Waals surface area contributed by atoms with Crippen LogP contribution in [0.15, 0.2) is 48.5 Å². The van der Waals surface area contributed by atoms with Crippen LogP contribution in [0.1, 0.15) is 31.4 Å². The van der Waals surface area contributed by atoms with Crippen molar-refractivity contribution < 1.29 is 18.6 Å². The lowest BCUT2D eigenvalue weighted by molar-refractivity contribution is 0.0547. The van der Waals surface area contributed by atoms with Gasteiger partial charge in [0, 0.05) is 13.2 Å². The fourth-order valence-corrected chi connectivity index (χ4v) is 2.73. The van der Waals surface area contributed by atoms with Crippen LogP contribution in [0.3, 0.4) is 0 Å². The molecule has 0 saturated heterocycles. The number of nitrogens with one attached hydrogen (secondary N) is 1. The molecule has 0 spiro atoms. The molecule has 0 amide bonds. The Bertz CT molecular complexity index is 633. The van der Waals surface area contributed by atoms with Gasteiger partial charge < -0.3 is 19.5 Å². The van der Waals surface area contributed by atoms with Crippen molar-refractivity contribution in [1.82, 2.24) is 5.32 Å². The Morgan fingerprint density at radius 3 is 2.42 bits per heavy atom. The molecule has 4 nitrogen and oxygen atoms in total. The van der Waals surface area contributed by atoms with E-state index in [4.69, 9.17) is 14.2 Å². The van der Waals surface area contributed by atoms with E-state index in [0.29, 0.717) is 13.2 Å². The molecule has 2 aromatic rings. The summed E-state index contributed by atoms with van der Waals surface area (Å²) in [7, 11) is 1.64. The largest absolute Gasteiger partial charge is 0.493 e. The van der Waals surface area contributed by atoms with Gasteiger partial charge in [-0.15, -0.1) is 0 Å². The van der Waals surface area contributed by atoms with E-state index in [0.717, 1.165) is 43.0 Å². The molecular weight excluding hydrogens is 333 g/mol. The van der Waals surface area contributed by atoms with E-state index in [1.54, 1.807) is 19.2 Å². The quantitative estimate of drug-likeness (QED) is 0.570. The van der Waals surface area contributed by atoms with Crippen LogP contribution in [0.5, 0.6) is 11.5 Å². The molecule has 0 aliphatic heterocycles. The molecule has 0 heterocycles. The van der Waals surface area contributed by atoms with Gasteiger partial charge in [0.2, 0.25) is 0 Å². The average Bonchev–Trinajstić information content (AvgIpc) is 2.67. The van der Waals surface area contributed by atoms with Gasteiger partial charge in [0.1, 0.15) is 12.4 Å². The number of rotatable bonds is 12. The minimum Gasteiger partial charge on any atom is -0.493 e. The molecular formula is C21H28FNO3. The van der Waals surface area contributed by atoms with Gasteiger partial charge in [-0.1, -0.05) is 24.3 Å². The predicted octanol–water partition coefficient (Wildman–Crippen LogP) is 4.36. The Morgan fingerprint density at radius 1 is 1.00 bits per heavy atom. The molecule has 2 rings (SSSR count). The third-order valence-corrected chi connectivity index (χ3v) is 4.03. The van der Waals surface area contributed by atoms with Crippen molar-refractivity contribution in [3.05, 3.63) is 59.9 Å².